The van der Waals surface area contributed by atoms with Crippen molar-refractivity contribution in [3.63, 3.8) is 0 Å². The summed E-state index contributed by atoms with van der Waals surface area (Å²) >= 11 is 0.886. The van der Waals surface area contributed by atoms with Crippen molar-refractivity contribution in [3.8, 4) is 11.5 Å². The van der Waals surface area contributed by atoms with Gasteiger partial charge >= 0.3 is 0 Å². The minimum Gasteiger partial charge on any atom is -0.411 e. The van der Waals surface area contributed by atoms with Crippen LogP contribution in [0.15, 0.2) is 46.0 Å². The van der Waals surface area contributed by atoms with Gasteiger partial charge in [0.05, 0.1) is 10.9 Å². The van der Waals surface area contributed by atoms with Gasteiger partial charge < -0.3 is 9.73 Å². The Labute approximate surface area is 154 Å². The predicted molar refractivity (Wildman–Crippen MR) is 90.0 cm³/mol. The largest absolute Gasteiger partial charge is 0.411 e. The van der Waals surface area contributed by atoms with E-state index < -0.39 is 40.1 Å². The van der Waals surface area contributed by atoms with Crippen LogP contribution in [0, 0.1) is 23.3 Å². The second kappa shape index (κ2) is 7.78. The molecule has 0 saturated carbocycles. The number of aromatic nitrogens is 2. The molecule has 27 heavy (non-hydrogen) atoms. The van der Waals surface area contributed by atoms with Gasteiger partial charge in [0.15, 0.2) is 17.5 Å². The van der Waals surface area contributed by atoms with Crippen LogP contribution in [0.1, 0.15) is 6.92 Å². The molecule has 1 heterocycles. The minimum absolute atomic E-state index is 0.0581. The van der Waals surface area contributed by atoms with Gasteiger partial charge in [-0.1, -0.05) is 11.8 Å². The quantitative estimate of drug-likeness (QED) is 0.392. The molecule has 1 amide bonds. The van der Waals surface area contributed by atoms with Crippen molar-refractivity contribution in [1.82, 2.24) is 10.2 Å². The molecule has 1 N–H and O–H groups in total. The summed E-state index contributed by atoms with van der Waals surface area (Å²) in [6.45, 7) is 1.49. The molecule has 3 aromatic rings. The van der Waals surface area contributed by atoms with Crippen molar-refractivity contribution in [2.45, 2.75) is 17.4 Å². The SMILES string of the molecule is C[C@@H](Sc1nnc(-c2ccc(F)cc2)o1)C(=O)Nc1ccc(F)c(F)c1F. The van der Waals surface area contributed by atoms with Gasteiger partial charge in [-0.3, -0.25) is 4.79 Å². The fourth-order valence-corrected chi connectivity index (χ4v) is 2.71. The van der Waals surface area contributed by atoms with Crippen molar-refractivity contribution < 1.29 is 26.8 Å². The minimum atomic E-state index is -1.67. The first-order valence-corrected chi connectivity index (χ1v) is 8.43. The van der Waals surface area contributed by atoms with Crippen LogP contribution >= 0.6 is 11.8 Å². The molecule has 0 radical (unpaired) electrons. The summed E-state index contributed by atoms with van der Waals surface area (Å²) in [6, 6.07) is 7.01. The molecule has 0 aliphatic heterocycles. The fraction of sp³-hybridized carbons (Fsp3) is 0.118. The van der Waals surface area contributed by atoms with Gasteiger partial charge in [-0.25, -0.2) is 17.6 Å². The van der Waals surface area contributed by atoms with Crippen molar-refractivity contribution in [2.75, 3.05) is 5.32 Å². The Morgan fingerprint density at radius 3 is 2.44 bits per heavy atom. The summed E-state index contributed by atoms with van der Waals surface area (Å²) < 4.78 is 58.1. The van der Waals surface area contributed by atoms with Gasteiger partial charge in [0.2, 0.25) is 11.8 Å². The Bertz CT molecular complexity index is 979. The Morgan fingerprint density at radius 2 is 1.74 bits per heavy atom. The lowest BCUT2D eigenvalue weighted by molar-refractivity contribution is -0.115. The maximum atomic E-state index is 13.6. The number of carbonyl (C=O) groups excluding carboxylic acids is 1. The number of nitrogens with one attached hydrogen (secondary N) is 1. The number of anilines is 1. The molecule has 5 nitrogen and oxygen atoms in total. The van der Waals surface area contributed by atoms with Crippen LogP contribution in [0.2, 0.25) is 0 Å². The monoisotopic (exact) mass is 397 g/mol. The molecule has 0 bridgehead atoms. The number of nitrogens with zero attached hydrogens (tertiary/aromatic N) is 2. The number of benzene rings is 2. The molecule has 0 fully saturated rings. The first-order chi connectivity index (χ1) is 12.8. The van der Waals surface area contributed by atoms with E-state index in [1.807, 2.05) is 0 Å². The summed E-state index contributed by atoms with van der Waals surface area (Å²) in [7, 11) is 0. The topological polar surface area (TPSA) is 68.0 Å². The van der Waals surface area contributed by atoms with Crippen LogP contribution in [-0.2, 0) is 4.79 Å². The number of amides is 1. The molecular weight excluding hydrogens is 386 g/mol. The van der Waals surface area contributed by atoms with Crippen molar-refractivity contribution in [1.29, 1.82) is 0 Å². The van der Waals surface area contributed by atoms with Gasteiger partial charge in [-0.15, -0.1) is 10.2 Å². The van der Waals surface area contributed by atoms with E-state index in [9.17, 15) is 22.4 Å². The third kappa shape index (κ3) is 4.27. The van der Waals surface area contributed by atoms with E-state index in [0.717, 1.165) is 17.8 Å². The fourth-order valence-electron chi connectivity index (χ4n) is 2.03. The lowest BCUT2D eigenvalue weighted by atomic mass is 10.2. The van der Waals surface area contributed by atoms with E-state index in [-0.39, 0.29) is 11.1 Å². The second-order valence-electron chi connectivity index (χ2n) is 5.35. The first kappa shape index (κ1) is 18.9. The summed E-state index contributed by atoms with van der Waals surface area (Å²) in [5, 5.41) is 9.00. The van der Waals surface area contributed by atoms with Crippen LogP contribution in [0.25, 0.3) is 11.5 Å². The summed E-state index contributed by atoms with van der Waals surface area (Å²) in [4.78, 5) is 12.1. The second-order valence-corrected chi connectivity index (χ2v) is 6.64. The molecule has 0 aliphatic rings. The molecule has 0 aliphatic carbocycles. The molecule has 2 aromatic carbocycles. The average molecular weight is 397 g/mol. The highest BCUT2D eigenvalue weighted by molar-refractivity contribution is 8.00. The van der Waals surface area contributed by atoms with Crippen LogP contribution in [0.5, 0.6) is 0 Å². The van der Waals surface area contributed by atoms with Crippen LogP contribution in [0.4, 0.5) is 23.2 Å². The zero-order valence-electron chi connectivity index (χ0n) is 13.7. The van der Waals surface area contributed by atoms with Crippen molar-refractivity contribution in [2.24, 2.45) is 0 Å². The third-order valence-corrected chi connectivity index (χ3v) is 4.37. The van der Waals surface area contributed by atoms with Crippen LogP contribution in [-0.4, -0.2) is 21.4 Å². The zero-order chi connectivity index (χ0) is 19.6. The number of thioether (sulfide) groups is 1. The number of halogens is 4. The first-order valence-electron chi connectivity index (χ1n) is 7.55. The van der Waals surface area contributed by atoms with E-state index in [1.54, 1.807) is 0 Å². The highest BCUT2D eigenvalue weighted by Crippen LogP contribution is 2.27. The molecular formula is C17H11F4N3O2S. The Kier molecular flexibility index (Phi) is 5.45. The third-order valence-electron chi connectivity index (χ3n) is 3.44. The predicted octanol–water partition coefficient (Wildman–Crippen LogP) is 4.41. The average Bonchev–Trinajstić information content (AvgIpc) is 3.11. The maximum absolute atomic E-state index is 13.6. The van der Waals surface area contributed by atoms with E-state index in [0.29, 0.717) is 11.6 Å². The smallest absolute Gasteiger partial charge is 0.277 e. The molecule has 1 atom stereocenters. The Morgan fingerprint density at radius 1 is 1.04 bits per heavy atom. The number of hydrogen-bond donors (Lipinski definition) is 1. The molecule has 0 spiro atoms. The highest BCUT2D eigenvalue weighted by Gasteiger charge is 2.21. The molecule has 0 unspecified atom stereocenters. The van der Waals surface area contributed by atoms with E-state index in [1.165, 1.54) is 31.2 Å². The Hall–Kier alpha value is -2.88. The lowest BCUT2D eigenvalue weighted by Crippen LogP contribution is -2.23. The summed E-state index contributed by atoms with van der Waals surface area (Å²) in [5.41, 5.74) is 0.0144. The van der Waals surface area contributed by atoms with Gasteiger partial charge in [0.25, 0.3) is 5.22 Å². The van der Waals surface area contributed by atoms with Gasteiger partial charge in [0.1, 0.15) is 5.82 Å². The lowest BCUT2D eigenvalue weighted by Gasteiger charge is -2.11. The van der Waals surface area contributed by atoms with Gasteiger partial charge in [-0.2, -0.15) is 0 Å². The molecule has 10 heteroatoms. The molecule has 0 saturated heterocycles. The summed E-state index contributed by atoms with van der Waals surface area (Å²) in [5.74, 6) is -5.47. The number of rotatable bonds is 5. The molecule has 140 valence electrons. The normalized spacial score (nSPS) is 12.0. The Balaban J connectivity index is 1.67. The number of carbonyl (C=O) groups is 1. The molecule has 1 aromatic heterocycles. The van der Waals surface area contributed by atoms with Crippen molar-refractivity contribution in [3.05, 3.63) is 59.7 Å². The van der Waals surface area contributed by atoms with E-state index in [2.05, 4.69) is 15.5 Å². The zero-order valence-corrected chi connectivity index (χ0v) is 14.5. The van der Waals surface area contributed by atoms with E-state index in [4.69, 9.17) is 4.42 Å². The highest BCUT2D eigenvalue weighted by atomic mass is 32.2. The van der Waals surface area contributed by atoms with Gasteiger partial charge in [0, 0.05) is 5.56 Å². The van der Waals surface area contributed by atoms with E-state index >= 15 is 0 Å². The summed E-state index contributed by atoms with van der Waals surface area (Å²) in [6.07, 6.45) is 0. The standard InChI is InChI=1S/C17H11F4N3O2S/c1-8(15(25)22-12-7-6-11(19)13(20)14(12)21)27-17-24-23-16(26-17)9-2-4-10(18)5-3-9/h2-8H,1H3,(H,22,25)/t8-/m1/s1. The number of hydrogen-bond acceptors (Lipinski definition) is 5. The van der Waals surface area contributed by atoms with Gasteiger partial charge in [-0.05, 0) is 43.3 Å². The van der Waals surface area contributed by atoms with Crippen LogP contribution < -0.4 is 5.32 Å². The van der Waals surface area contributed by atoms with Crippen LogP contribution in [0.3, 0.4) is 0 Å². The molecule has 3 rings (SSSR count). The maximum Gasteiger partial charge on any atom is 0.277 e. The van der Waals surface area contributed by atoms with Crippen molar-refractivity contribution >= 4 is 23.4 Å².